The van der Waals surface area contributed by atoms with Gasteiger partial charge in [0.2, 0.25) is 0 Å². The SMILES string of the molecule is Cc1ccc(C2CCCCC2F)c(C2CCCCC2F)c1C(=O)P(=O)(O)O. The lowest BCUT2D eigenvalue weighted by molar-refractivity contribution is 0.103. The molecule has 0 heterocycles. The highest BCUT2D eigenvalue weighted by Gasteiger charge is 2.39. The number of halogens is 2. The van der Waals surface area contributed by atoms with E-state index in [0.717, 1.165) is 25.7 Å². The van der Waals surface area contributed by atoms with Crippen LogP contribution >= 0.6 is 7.60 Å². The van der Waals surface area contributed by atoms with Gasteiger partial charge in [0.25, 0.3) is 5.52 Å². The maximum atomic E-state index is 14.9. The Morgan fingerprint density at radius 3 is 2.00 bits per heavy atom. The normalized spacial score (nSPS) is 29.5. The smallest absolute Gasteiger partial charge is 0.319 e. The number of carbonyl (C=O) groups excluding carboxylic acids is 1. The summed E-state index contributed by atoms with van der Waals surface area (Å²) < 4.78 is 41.3. The molecule has 7 heteroatoms. The zero-order chi connectivity index (χ0) is 19.8. The number of alkyl halides is 2. The fourth-order valence-corrected chi connectivity index (χ4v) is 5.33. The molecule has 2 N–H and O–H groups in total. The maximum Gasteiger partial charge on any atom is 0.396 e. The van der Waals surface area contributed by atoms with Crippen LogP contribution in [-0.4, -0.2) is 27.7 Å². The van der Waals surface area contributed by atoms with Gasteiger partial charge in [-0.15, -0.1) is 0 Å². The highest BCUT2D eigenvalue weighted by atomic mass is 31.2. The van der Waals surface area contributed by atoms with E-state index in [1.54, 1.807) is 19.1 Å². The summed E-state index contributed by atoms with van der Waals surface area (Å²) in [5, 5.41) is 0. The van der Waals surface area contributed by atoms with E-state index >= 15 is 0 Å². The van der Waals surface area contributed by atoms with Crippen molar-refractivity contribution in [2.24, 2.45) is 0 Å². The van der Waals surface area contributed by atoms with Gasteiger partial charge in [0.05, 0.1) is 0 Å². The first-order chi connectivity index (χ1) is 12.7. The van der Waals surface area contributed by atoms with E-state index in [9.17, 15) is 27.9 Å². The molecule has 4 atom stereocenters. The van der Waals surface area contributed by atoms with Crippen molar-refractivity contribution < 1.29 is 27.9 Å². The average molecular weight is 400 g/mol. The summed E-state index contributed by atoms with van der Waals surface area (Å²) in [7, 11) is -5.03. The Morgan fingerprint density at radius 1 is 0.963 bits per heavy atom. The van der Waals surface area contributed by atoms with Gasteiger partial charge in [-0.2, -0.15) is 0 Å². The molecule has 0 saturated heterocycles. The molecule has 2 fully saturated rings. The van der Waals surface area contributed by atoms with Crippen LogP contribution in [0.15, 0.2) is 12.1 Å². The van der Waals surface area contributed by atoms with Crippen molar-refractivity contribution in [3.05, 3.63) is 34.4 Å². The first-order valence-electron chi connectivity index (χ1n) is 9.73. The molecule has 0 aliphatic heterocycles. The second kappa shape index (κ2) is 8.10. The molecular weight excluding hydrogens is 373 g/mol. The molecule has 2 aliphatic rings. The van der Waals surface area contributed by atoms with Crippen molar-refractivity contribution in [3.63, 3.8) is 0 Å². The standard InChI is InChI=1S/C20H27F2O4P/c1-12-10-11-14(13-6-2-4-8-16(13)21)19(15-7-3-5-9-17(15)22)18(12)20(23)27(24,25)26/h10-11,13,15-17H,2-9H2,1H3,(H2,24,25,26). The largest absolute Gasteiger partial charge is 0.396 e. The number of carbonyl (C=O) groups is 1. The van der Waals surface area contributed by atoms with E-state index < -0.39 is 37.3 Å². The van der Waals surface area contributed by atoms with Crippen LogP contribution in [0, 0.1) is 6.92 Å². The molecule has 4 nitrogen and oxygen atoms in total. The van der Waals surface area contributed by atoms with Crippen molar-refractivity contribution in [2.45, 2.75) is 82.5 Å². The summed E-state index contributed by atoms with van der Waals surface area (Å²) in [4.78, 5) is 31.6. The van der Waals surface area contributed by atoms with Crippen molar-refractivity contribution in [1.82, 2.24) is 0 Å². The second-order valence-electron chi connectivity index (χ2n) is 7.92. The van der Waals surface area contributed by atoms with Crippen LogP contribution < -0.4 is 0 Å². The molecule has 0 radical (unpaired) electrons. The molecule has 1 aromatic rings. The first-order valence-corrected chi connectivity index (χ1v) is 11.3. The second-order valence-corrected chi connectivity index (χ2v) is 9.42. The van der Waals surface area contributed by atoms with Gasteiger partial charge in [-0.25, -0.2) is 8.78 Å². The summed E-state index contributed by atoms with van der Waals surface area (Å²) in [6, 6.07) is 3.35. The lowest BCUT2D eigenvalue weighted by Crippen LogP contribution is -2.27. The molecule has 27 heavy (non-hydrogen) atoms. The maximum absolute atomic E-state index is 14.9. The monoisotopic (exact) mass is 400 g/mol. The first kappa shape index (κ1) is 20.6. The fourth-order valence-electron chi connectivity index (χ4n) is 4.74. The van der Waals surface area contributed by atoms with Gasteiger partial charge >= 0.3 is 7.60 Å². The predicted molar refractivity (Wildman–Crippen MR) is 99.8 cm³/mol. The molecule has 2 aliphatic carbocycles. The third-order valence-corrected chi connectivity index (χ3v) is 6.85. The van der Waals surface area contributed by atoms with Crippen LogP contribution in [0.5, 0.6) is 0 Å². The van der Waals surface area contributed by atoms with Crippen molar-refractivity contribution in [1.29, 1.82) is 0 Å². The quantitative estimate of drug-likeness (QED) is 0.672. The molecule has 4 unspecified atom stereocenters. The number of benzene rings is 1. The van der Waals surface area contributed by atoms with E-state index in [4.69, 9.17) is 0 Å². The minimum absolute atomic E-state index is 0.0897. The summed E-state index contributed by atoms with van der Waals surface area (Å²) in [6.45, 7) is 1.60. The molecule has 0 spiro atoms. The van der Waals surface area contributed by atoms with E-state index in [-0.39, 0.29) is 5.56 Å². The van der Waals surface area contributed by atoms with E-state index in [1.807, 2.05) is 0 Å². The van der Waals surface area contributed by atoms with Crippen LogP contribution in [-0.2, 0) is 4.57 Å². The molecule has 0 aromatic heterocycles. The molecule has 1 aromatic carbocycles. The van der Waals surface area contributed by atoms with Gasteiger partial charge in [0, 0.05) is 17.4 Å². The van der Waals surface area contributed by atoms with Gasteiger partial charge in [-0.05, 0) is 49.3 Å². The van der Waals surface area contributed by atoms with Crippen molar-refractivity contribution in [3.8, 4) is 0 Å². The van der Waals surface area contributed by atoms with Crippen molar-refractivity contribution in [2.75, 3.05) is 0 Å². The Morgan fingerprint density at radius 2 is 1.48 bits per heavy atom. The van der Waals surface area contributed by atoms with Crippen LogP contribution in [0.4, 0.5) is 8.78 Å². The van der Waals surface area contributed by atoms with Crippen molar-refractivity contribution >= 4 is 13.1 Å². The van der Waals surface area contributed by atoms with Gasteiger partial charge < -0.3 is 9.79 Å². The Kier molecular flexibility index (Phi) is 6.19. The topological polar surface area (TPSA) is 74.6 Å². The van der Waals surface area contributed by atoms with Crippen LogP contribution in [0.2, 0.25) is 0 Å². The average Bonchev–Trinajstić information content (AvgIpc) is 2.61. The summed E-state index contributed by atoms with van der Waals surface area (Å²) in [5.74, 6) is -1.07. The summed E-state index contributed by atoms with van der Waals surface area (Å²) in [5.41, 5.74) is -0.0377. The Labute approximate surface area is 158 Å². The number of hydrogen-bond donors (Lipinski definition) is 2. The summed E-state index contributed by atoms with van der Waals surface area (Å²) >= 11 is 0. The molecule has 0 bridgehead atoms. The Bertz CT molecular complexity index is 761. The lowest BCUT2D eigenvalue weighted by atomic mass is 9.72. The molecular formula is C20H27F2O4P. The highest BCUT2D eigenvalue weighted by molar-refractivity contribution is 7.70. The minimum Gasteiger partial charge on any atom is -0.319 e. The van der Waals surface area contributed by atoms with Crippen LogP contribution in [0.1, 0.15) is 90.3 Å². The molecule has 3 rings (SSSR count). The number of aryl methyl sites for hydroxylation is 1. The third kappa shape index (κ3) is 4.18. The molecule has 0 amide bonds. The number of hydrogen-bond acceptors (Lipinski definition) is 2. The van der Waals surface area contributed by atoms with E-state index in [1.165, 1.54) is 0 Å². The zero-order valence-corrected chi connectivity index (χ0v) is 16.4. The van der Waals surface area contributed by atoms with E-state index in [0.29, 0.717) is 42.4 Å². The third-order valence-electron chi connectivity index (χ3n) is 6.10. The zero-order valence-electron chi connectivity index (χ0n) is 15.5. The lowest BCUT2D eigenvalue weighted by Gasteiger charge is -2.34. The van der Waals surface area contributed by atoms with Gasteiger partial charge in [0.15, 0.2) is 0 Å². The summed E-state index contributed by atoms with van der Waals surface area (Å²) in [6.07, 6.45) is 2.78. The van der Waals surface area contributed by atoms with E-state index in [2.05, 4.69) is 0 Å². The fraction of sp³-hybridized carbons (Fsp3) is 0.650. The molecule has 150 valence electrons. The minimum atomic E-state index is -5.03. The predicted octanol–water partition coefficient (Wildman–Crippen LogP) is 5.30. The highest BCUT2D eigenvalue weighted by Crippen LogP contribution is 2.48. The van der Waals surface area contributed by atoms with Gasteiger partial charge in [0.1, 0.15) is 12.3 Å². The van der Waals surface area contributed by atoms with Crippen LogP contribution in [0.3, 0.4) is 0 Å². The van der Waals surface area contributed by atoms with Gasteiger partial charge in [-0.1, -0.05) is 37.8 Å². The number of rotatable bonds is 4. The van der Waals surface area contributed by atoms with Gasteiger partial charge in [-0.3, -0.25) is 9.36 Å². The van der Waals surface area contributed by atoms with Crippen LogP contribution in [0.25, 0.3) is 0 Å². The Hall–Kier alpha value is -1.10. The molecule has 2 saturated carbocycles. The Balaban J connectivity index is 2.21.